The van der Waals surface area contributed by atoms with Crippen molar-refractivity contribution in [2.24, 2.45) is 12.5 Å². The van der Waals surface area contributed by atoms with Crippen LogP contribution in [-0.4, -0.2) is 65.2 Å². The summed E-state index contributed by atoms with van der Waals surface area (Å²) < 4.78 is 12.5. The first-order valence-corrected chi connectivity index (χ1v) is 10.3. The van der Waals surface area contributed by atoms with Crippen molar-refractivity contribution in [3.05, 3.63) is 41.7 Å². The fraction of sp³-hybridized carbons (Fsp3) is 0.500. The second-order valence-electron chi connectivity index (χ2n) is 8.11. The van der Waals surface area contributed by atoms with Crippen LogP contribution < -0.4 is 9.47 Å². The predicted molar refractivity (Wildman–Crippen MR) is 110 cm³/mol. The van der Waals surface area contributed by atoms with E-state index in [-0.39, 0.29) is 11.8 Å². The summed E-state index contributed by atoms with van der Waals surface area (Å²) in [6.45, 7) is 2.20. The number of hydrogen-bond donors (Lipinski definition) is 0. The molecule has 2 aliphatic rings. The van der Waals surface area contributed by atoms with Gasteiger partial charge in [-0.05, 0) is 31.4 Å². The van der Waals surface area contributed by atoms with Gasteiger partial charge in [-0.3, -0.25) is 14.3 Å². The minimum absolute atomic E-state index is 0.105. The molecule has 2 saturated heterocycles. The molecule has 8 heteroatoms. The number of aryl methyl sites for hydroxylation is 1. The van der Waals surface area contributed by atoms with Gasteiger partial charge in [-0.2, -0.15) is 5.10 Å². The number of aromatic nitrogens is 2. The van der Waals surface area contributed by atoms with E-state index in [0.29, 0.717) is 49.8 Å². The Kier molecular flexibility index (Phi) is 5.40. The Morgan fingerprint density at radius 2 is 2.00 bits per heavy atom. The molecular formula is C22H28N4O4. The smallest absolute Gasteiger partial charge is 0.274 e. The first-order valence-electron chi connectivity index (χ1n) is 10.3. The van der Waals surface area contributed by atoms with Gasteiger partial charge in [0.05, 0.1) is 19.6 Å². The van der Waals surface area contributed by atoms with Crippen LogP contribution in [0.3, 0.4) is 0 Å². The Morgan fingerprint density at radius 3 is 2.70 bits per heavy atom. The van der Waals surface area contributed by atoms with Crippen molar-refractivity contribution in [3.63, 3.8) is 0 Å². The molecule has 4 rings (SSSR count). The van der Waals surface area contributed by atoms with E-state index in [1.54, 1.807) is 43.1 Å². The number of likely N-dealkylation sites (tertiary alicyclic amines) is 2. The van der Waals surface area contributed by atoms with Crippen molar-refractivity contribution in [3.8, 4) is 11.5 Å². The number of amides is 2. The molecule has 2 aliphatic heterocycles. The zero-order valence-electron chi connectivity index (χ0n) is 17.8. The molecule has 2 fully saturated rings. The number of ether oxygens (including phenoxy) is 2. The molecule has 2 amide bonds. The van der Waals surface area contributed by atoms with Gasteiger partial charge >= 0.3 is 0 Å². The van der Waals surface area contributed by atoms with Gasteiger partial charge in [0.2, 0.25) is 5.91 Å². The number of piperidine rings is 1. The van der Waals surface area contributed by atoms with Crippen molar-refractivity contribution in [2.45, 2.75) is 25.8 Å². The average molecular weight is 412 g/mol. The number of nitrogens with zero attached hydrogens (tertiary/aromatic N) is 4. The van der Waals surface area contributed by atoms with Crippen LogP contribution in [0.1, 0.15) is 35.3 Å². The summed E-state index contributed by atoms with van der Waals surface area (Å²) in [5.74, 6) is 1.33. The van der Waals surface area contributed by atoms with Crippen LogP contribution >= 0.6 is 0 Å². The normalized spacial score (nSPS) is 21.4. The molecule has 30 heavy (non-hydrogen) atoms. The van der Waals surface area contributed by atoms with Gasteiger partial charge < -0.3 is 19.3 Å². The molecule has 0 N–H and O–H groups in total. The zero-order chi connectivity index (χ0) is 21.3. The molecule has 0 saturated carbocycles. The molecule has 1 atom stereocenters. The molecule has 160 valence electrons. The maximum atomic E-state index is 13.5. The molecule has 1 spiro atoms. The van der Waals surface area contributed by atoms with Crippen LogP contribution in [0.4, 0.5) is 0 Å². The van der Waals surface area contributed by atoms with Crippen LogP contribution in [-0.2, 0) is 18.4 Å². The number of carbonyl (C=O) groups is 2. The highest BCUT2D eigenvalue weighted by Gasteiger charge is 2.49. The Labute approximate surface area is 176 Å². The molecular weight excluding hydrogens is 384 g/mol. The van der Waals surface area contributed by atoms with Crippen molar-refractivity contribution in [1.29, 1.82) is 0 Å². The maximum Gasteiger partial charge on any atom is 0.274 e. The summed E-state index contributed by atoms with van der Waals surface area (Å²) in [5.41, 5.74) is 0.840. The van der Waals surface area contributed by atoms with E-state index in [4.69, 9.17) is 9.47 Å². The van der Waals surface area contributed by atoms with Gasteiger partial charge in [0, 0.05) is 45.0 Å². The minimum Gasteiger partial charge on any atom is -0.493 e. The maximum absolute atomic E-state index is 13.5. The number of rotatable bonds is 5. The Morgan fingerprint density at radius 1 is 1.17 bits per heavy atom. The number of hydrogen-bond acceptors (Lipinski definition) is 5. The van der Waals surface area contributed by atoms with E-state index in [1.807, 2.05) is 23.1 Å². The third-order valence-corrected chi connectivity index (χ3v) is 6.24. The van der Waals surface area contributed by atoms with E-state index in [1.165, 1.54) is 0 Å². The van der Waals surface area contributed by atoms with E-state index < -0.39 is 5.41 Å². The quantitative estimate of drug-likeness (QED) is 0.752. The molecule has 2 aromatic rings. The van der Waals surface area contributed by atoms with Crippen molar-refractivity contribution >= 4 is 11.8 Å². The lowest BCUT2D eigenvalue weighted by molar-refractivity contribution is -0.146. The van der Waals surface area contributed by atoms with Gasteiger partial charge in [-0.25, -0.2) is 0 Å². The van der Waals surface area contributed by atoms with Crippen LogP contribution in [0, 0.1) is 5.41 Å². The summed E-state index contributed by atoms with van der Waals surface area (Å²) in [6, 6.07) is 7.43. The number of para-hydroxylation sites is 1. The van der Waals surface area contributed by atoms with E-state index >= 15 is 0 Å². The van der Waals surface area contributed by atoms with Crippen molar-refractivity contribution in [2.75, 3.05) is 33.9 Å². The van der Waals surface area contributed by atoms with E-state index in [0.717, 1.165) is 18.4 Å². The minimum atomic E-state index is -0.505. The van der Waals surface area contributed by atoms with Crippen LogP contribution in [0.25, 0.3) is 0 Å². The number of carbonyl (C=O) groups excluding carboxylic acids is 2. The first kappa shape index (κ1) is 20.3. The van der Waals surface area contributed by atoms with Crippen molar-refractivity contribution < 1.29 is 19.1 Å². The average Bonchev–Trinajstić information content (AvgIpc) is 3.38. The Bertz CT molecular complexity index is 956. The van der Waals surface area contributed by atoms with Crippen LogP contribution in [0.2, 0.25) is 0 Å². The van der Waals surface area contributed by atoms with Gasteiger partial charge in [-0.15, -0.1) is 0 Å². The molecule has 1 aromatic heterocycles. The monoisotopic (exact) mass is 412 g/mol. The molecule has 0 radical (unpaired) electrons. The van der Waals surface area contributed by atoms with Gasteiger partial charge in [0.25, 0.3) is 5.91 Å². The highest BCUT2D eigenvalue weighted by molar-refractivity contribution is 5.93. The van der Waals surface area contributed by atoms with Gasteiger partial charge in [0.15, 0.2) is 11.5 Å². The predicted octanol–water partition coefficient (Wildman–Crippen LogP) is 2.09. The molecule has 0 aliphatic carbocycles. The van der Waals surface area contributed by atoms with Crippen molar-refractivity contribution in [1.82, 2.24) is 19.6 Å². The SMILES string of the molecule is COc1cccc(CN2CCC[C@]3(CCN(C(=O)c4ccn(C)n4)C3)C2=O)c1OC. The highest BCUT2D eigenvalue weighted by atomic mass is 16.5. The third kappa shape index (κ3) is 3.51. The highest BCUT2D eigenvalue weighted by Crippen LogP contribution is 2.41. The van der Waals surface area contributed by atoms with Gasteiger partial charge in [-0.1, -0.05) is 12.1 Å². The lowest BCUT2D eigenvalue weighted by atomic mass is 9.78. The summed E-state index contributed by atoms with van der Waals surface area (Å²) in [4.78, 5) is 30.0. The fourth-order valence-electron chi connectivity index (χ4n) is 4.70. The first-order chi connectivity index (χ1) is 14.5. The third-order valence-electron chi connectivity index (χ3n) is 6.24. The van der Waals surface area contributed by atoms with Gasteiger partial charge in [0.1, 0.15) is 5.69 Å². The largest absolute Gasteiger partial charge is 0.493 e. The molecule has 1 aromatic carbocycles. The van der Waals surface area contributed by atoms with E-state index in [9.17, 15) is 9.59 Å². The summed E-state index contributed by atoms with van der Waals surface area (Å²) in [5, 5.41) is 4.22. The molecule has 3 heterocycles. The lowest BCUT2D eigenvalue weighted by Crippen LogP contribution is -2.50. The van der Waals surface area contributed by atoms with E-state index in [2.05, 4.69) is 5.10 Å². The Hall–Kier alpha value is -3.03. The number of methoxy groups -OCH3 is 2. The topological polar surface area (TPSA) is 76.9 Å². The lowest BCUT2D eigenvalue weighted by Gasteiger charge is -2.39. The summed E-state index contributed by atoms with van der Waals surface area (Å²) >= 11 is 0. The summed E-state index contributed by atoms with van der Waals surface area (Å²) in [6.07, 6.45) is 4.18. The fourth-order valence-corrected chi connectivity index (χ4v) is 4.70. The second kappa shape index (κ2) is 8.01. The Balaban J connectivity index is 1.51. The summed E-state index contributed by atoms with van der Waals surface area (Å²) in [7, 11) is 5.00. The number of benzene rings is 1. The molecule has 0 unspecified atom stereocenters. The zero-order valence-corrected chi connectivity index (χ0v) is 17.8. The van der Waals surface area contributed by atoms with Crippen LogP contribution in [0.5, 0.6) is 11.5 Å². The molecule has 8 nitrogen and oxygen atoms in total. The standard InChI is InChI=1S/C22H28N4O4/c1-24-12-8-17(23-24)20(27)26-13-10-22(15-26)9-5-11-25(21(22)28)14-16-6-4-7-18(29-2)19(16)30-3/h4,6-8,12H,5,9-11,13-15H2,1-3H3/t22-/m1/s1. The van der Waals surface area contributed by atoms with Crippen LogP contribution in [0.15, 0.2) is 30.5 Å². The second-order valence-corrected chi connectivity index (χ2v) is 8.11. The molecule has 0 bridgehead atoms.